The first-order valence-electron chi connectivity index (χ1n) is 7.39. The van der Waals surface area contributed by atoms with Crippen LogP contribution in [-0.4, -0.2) is 17.4 Å². The number of nitrogens with zero attached hydrogens (tertiary/aromatic N) is 1. The number of alkyl halides is 3. The number of unbranched alkanes of at least 4 members (excludes halogenated alkanes) is 3. The van der Waals surface area contributed by atoms with Gasteiger partial charge < -0.3 is 15.5 Å². The number of nitrogens with one attached hydrogen (secondary N) is 1. The Kier molecular flexibility index (Phi) is 5.12. The Morgan fingerprint density at radius 1 is 1.30 bits per heavy atom. The summed E-state index contributed by atoms with van der Waals surface area (Å²) in [6.07, 6.45) is -0.624. The second-order valence-electron chi connectivity index (χ2n) is 5.21. The van der Waals surface area contributed by atoms with E-state index >= 15 is 0 Å². The van der Waals surface area contributed by atoms with Gasteiger partial charge in [0.25, 0.3) is 5.91 Å². The molecule has 2 aromatic heterocycles. The topological polar surface area (TPSA) is 81.2 Å². The van der Waals surface area contributed by atoms with E-state index in [0.717, 1.165) is 37.8 Å². The molecule has 0 unspecified atom stereocenters. The largest absolute Gasteiger partial charge is 0.433 e. The van der Waals surface area contributed by atoms with Gasteiger partial charge in [-0.05, 0) is 18.6 Å². The lowest BCUT2D eigenvalue weighted by Gasteiger charge is -2.03. The summed E-state index contributed by atoms with van der Waals surface area (Å²) < 4.78 is 43.0. The van der Waals surface area contributed by atoms with Gasteiger partial charge in [-0.1, -0.05) is 26.2 Å². The standard InChI is InChI=1S/C15H18F3N3O2/c1-2-3-4-5-8-20-13(22)12-11(19)9-6-7-10(15(16,17)18)21-14(9)23-12/h6-7H,2-5,8,19H2,1H3,(H,20,22). The monoisotopic (exact) mass is 329 g/mol. The molecule has 2 rings (SSSR count). The van der Waals surface area contributed by atoms with Gasteiger partial charge in [-0.2, -0.15) is 13.2 Å². The van der Waals surface area contributed by atoms with Crippen molar-refractivity contribution in [2.75, 3.05) is 12.3 Å². The Labute approximate surface area is 131 Å². The van der Waals surface area contributed by atoms with Crippen LogP contribution in [0.3, 0.4) is 0 Å². The summed E-state index contributed by atoms with van der Waals surface area (Å²) in [6.45, 7) is 2.53. The molecular weight excluding hydrogens is 311 g/mol. The van der Waals surface area contributed by atoms with Gasteiger partial charge in [0, 0.05) is 6.54 Å². The maximum absolute atomic E-state index is 12.6. The minimum atomic E-state index is -4.59. The van der Waals surface area contributed by atoms with Crippen molar-refractivity contribution in [1.29, 1.82) is 0 Å². The number of hydrogen-bond acceptors (Lipinski definition) is 4. The highest BCUT2D eigenvalue weighted by atomic mass is 19.4. The molecule has 0 aliphatic heterocycles. The highest BCUT2D eigenvalue weighted by molar-refractivity contribution is 6.04. The van der Waals surface area contributed by atoms with E-state index in [-0.39, 0.29) is 22.5 Å². The molecule has 0 bridgehead atoms. The number of furan rings is 1. The minimum Gasteiger partial charge on any atom is -0.430 e. The quantitative estimate of drug-likeness (QED) is 0.791. The van der Waals surface area contributed by atoms with E-state index in [1.54, 1.807) is 0 Å². The number of fused-ring (bicyclic) bond motifs is 1. The molecule has 1 amide bonds. The SMILES string of the molecule is CCCCCCNC(=O)c1oc2nc(C(F)(F)F)ccc2c1N. The van der Waals surface area contributed by atoms with Crippen LogP contribution in [0.15, 0.2) is 16.5 Å². The molecule has 3 N–H and O–H groups in total. The summed E-state index contributed by atoms with van der Waals surface area (Å²) in [4.78, 5) is 15.4. The second-order valence-corrected chi connectivity index (χ2v) is 5.21. The zero-order chi connectivity index (χ0) is 17.0. The van der Waals surface area contributed by atoms with Crippen molar-refractivity contribution >= 4 is 22.7 Å². The molecule has 2 aromatic rings. The van der Waals surface area contributed by atoms with Gasteiger partial charge in [0.15, 0.2) is 0 Å². The van der Waals surface area contributed by atoms with Crippen LogP contribution in [0, 0.1) is 0 Å². The lowest BCUT2D eigenvalue weighted by molar-refractivity contribution is -0.141. The van der Waals surface area contributed by atoms with Crippen molar-refractivity contribution < 1.29 is 22.4 Å². The first-order chi connectivity index (χ1) is 10.8. The first-order valence-corrected chi connectivity index (χ1v) is 7.39. The summed E-state index contributed by atoms with van der Waals surface area (Å²) in [5, 5.41) is 2.83. The molecule has 0 saturated carbocycles. The second kappa shape index (κ2) is 6.89. The van der Waals surface area contributed by atoms with Crippen molar-refractivity contribution in [2.45, 2.75) is 38.8 Å². The van der Waals surface area contributed by atoms with Gasteiger partial charge >= 0.3 is 6.18 Å². The third kappa shape index (κ3) is 3.94. The Bertz CT molecular complexity index is 695. The summed E-state index contributed by atoms with van der Waals surface area (Å²) in [6, 6.07) is 1.96. The van der Waals surface area contributed by atoms with E-state index in [4.69, 9.17) is 10.2 Å². The van der Waals surface area contributed by atoms with E-state index in [9.17, 15) is 18.0 Å². The molecule has 0 fully saturated rings. The predicted molar refractivity (Wildman–Crippen MR) is 79.9 cm³/mol. The summed E-state index contributed by atoms with van der Waals surface area (Å²) >= 11 is 0. The third-order valence-electron chi connectivity index (χ3n) is 3.41. The fourth-order valence-corrected chi connectivity index (χ4v) is 2.16. The molecule has 5 nitrogen and oxygen atoms in total. The van der Waals surface area contributed by atoms with Crippen LogP contribution >= 0.6 is 0 Å². The minimum absolute atomic E-state index is 0.00715. The smallest absolute Gasteiger partial charge is 0.430 e. The number of nitrogen functional groups attached to an aromatic ring is 1. The van der Waals surface area contributed by atoms with Gasteiger partial charge in [0.1, 0.15) is 5.69 Å². The molecule has 0 saturated heterocycles. The van der Waals surface area contributed by atoms with Crippen LogP contribution in [0.5, 0.6) is 0 Å². The average molecular weight is 329 g/mol. The van der Waals surface area contributed by atoms with Crippen molar-refractivity contribution in [3.05, 3.63) is 23.6 Å². The Balaban J connectivity index is 2.15. The number of hydrogen-bond donors (Lipinski definition) is 2. The molecule has 0 aliphatic rings. The van der Waals surface area contributed by atoms with Gasteiger partial charge in [0.2, 0.25) is 11.5 Å². The van der Waals surface area contributed by atoms with Crippen LogP contribution in [0.2, 0.25) is 0 Å². The lowest BCUT2D eigenvalue weighted by atomic mass is 10.2. The van der Waals surface area contributed by atoms with Crippen LogP contribution in [0.1, 0.15) is 48.9 Å². The number of pyridine rings is 1. The molecule has 0 aliphatic carbocycles. The summed E-state index contributed by atoms with van der Waals surface area (Å²) in [5.74, 6) is -0.757. The van der Waals surface area contributed by atoms with Gasteiger partial charge in [-0.3, -0.25) is 4.79 Å². The predicted octanol–water partition coefficient (Wildman–Crippen LogP) is 3.74. The number of carbonyl (C=O) groups is 1. The van der Waals surface area contributed by atoms with Gasteiger partial charge in [-0.25, -0.2) is 4.98 Å². The van der Waals surface area contributed by atoms with E-state index in [1.807, 2.05) is 0 Å². The van der Waals surface area contributed by atoms with Gasteiger partial charge in [0.05, 0.1) is 11.1 Å². The lowest BCUT2D eigenvalue weighted by Crippen LogP contribution is -2.24. The molecule has 0 aromatic carbocycles. The molecule has 0 spiro atoms. The zero-order valence-corrected chi connectivity index (χ0v) is 12.7. The number of aromatic nitrogens is 1. The third-order valence-corrected chi connectivity index (χ3v) is 3.41. The number of halogens is 3. The van der Waals surface area contributed by atoms with E-state index in [2.05, 4.69) is 17.2 Å². The van der Waals surface area contributed by atoms with Crippen molar-refractivity contribution in [2.24, 2.45) is 0 Å². The molecule has 0 radical (unpaired) electrons. The fourth-order valence-electron chi connectivity index (χ4n) is 2.16. The molecular formula is C15H18F3N3O2. The highest BCUT2D eigenvalue weighted by Gasteiger charge is 2.33. The molecule has 2 heterocycles. The number of anilines is 1. The van der Waals surface area contributed by atoms with E-state index < -0.39 is 17.8 Å². The van der Waals surface area contributed by atoms with Crippen LogP contribution in [0.25, 0.3) is 11.1 Å². The summed E-state index contributed by atoms with van der Waals surface area (Å²) in [5.41, 5.74) is 4.38. The fraction of sp³-hybridized carbons (Fsp3) is 0.467. The van der Waals surface area contributed by atoms with E-state index in [0.29, 0.717) is 6.54 Å². The first kappa shape index (κ1) is 17.1. The average Bonchev–Trinajstić information content (AvgIpc) is 2.83. The number of nitrogens with two attached hydrogens (primary N) is 1. The number of amides is 1. The number of rotatable bonds is 6. The van der Waals surface area contributed by atoms with Crippen LogP contribution < -0.4 is 11.1 Å². The zero-order valence-electron chi connectivity index (χ0n) is 12.7. The maximum atomic E-state index is 12.6. The van der Waals surface area contributed by atoms with Crippen LogP contribution in [-0.2, 0) is 6.18 Å². The molecule has 8 heteroatoms. The number of carbonyl (C=O) groups excluding carboxylic acids is 1. The normalized spacial score (nSPS) is 11.8. The molecule has 126 valence electrons. The Morgan fingerprint density at radius 3 is 2.70 bits per heavy atom. The van der Waals surface area contributed by atoms with E-state index in [1.165, 1.54) is 0 Å². The Hall–Kier alpha value is -2.25. The van der Waals surface area contributed by atoms with Crippen molar-refractivity contribution in [1.82, 2.24) is 10.3 Å². The highest BCUT2D eigenvalue weighted by Crippen LogP contribution is 2.32. The van der Waals surface area contributed by atoms with Crippen molar-refractivity contribution in [3.63, 3.8) is 0 Å². The van der Waals surface area contributed by atoms with Crippen molar-refractivity contribution in [3.8, 4) is 0 Å². The van der Waals surface area contributed by atoms with Gasteiger partial charge in [-0.15, -0.1) is 0 Å². The summed E-state index contributed by atoms with van der Waals surface area (Å²) in [7, 11) is 0. The molecule has 0 atom stereocenters. The maximum Gasteiger partial charge on any atom is 0.433 e. The molecule has 23 heavy (non-hydrogen) atoms. The Morgan fingerprint density at radius 2 is 2.04 bits per heavy atom. The van der Waals surface area contributed by atoms with Crippen LogP contribution in [0.4, 0.5) is 18.9 Å².